The fourth-order valence-corrected chi connectivity index (χ4v) is 2.85. The number of fused-ring (bicyclic) bond motifs is 3. The van der Waals surface area contributed by atoms with Crippen LogP contribution in [0.15, 0.2) is 42.7 Å². The first-order valence-electron chi connectivity index (χ1n) is 8.77. The summed E-state index contributed by atoms with van der Waals surface area (Å²) in [5.41, 5.74) is 2.26. The lowest BCUT2D eigenvalue weighted by Gasteiger charge is -2.16. The third-order valence-electron chi connectivity index (χ3n) is 4.46. The third kappa shape index (κ3) is 3.87. The molecule has 26 heavy (non-hydrogen) atoms. The predicted octanol–water partition coefficient (Wildman–Crippen LogP) is 3.79. The molecule has 3 rings (SSSR count). The first-order chi connectivity index (χ1) is 12.4. The van der Waals surface area contributed by atoms with Gasteiger partial charge in [-0.3, -0.25) is 19.6 Å². The summed E-state index contributed by atoms with van der Waals surface area (Å²) in [6.45, 7) is 6.01. The number of nitrogens with one attached hydrogen (secondary N) is 1. The largest absolute Gasteiger partial charge is 0.352 e. The monoisotopic (exact) mass is 349 g/mol. The number of pyridine rings is 2. The van der Waals surface area contributed by atoms with E-state index in [1.54, 1.807) is 12.4 Å². The molecule has 2 aromatic heterocycles. The van der Waals surface area contributed by atoms with Crippen LogP contribution in [-0.2, 0) is 16.1 Å². The van der Waals surface area contributed by atoms with Gasteiger partial charge in [0.25, 0.3) is 0 Å². The predicted molar refractivity (Wildman–Crippen MR) is 103 cm³/mol. The van der Waals surface area contributed by atoms with E-state index < -0.39 is 5.41 Å². The number of Topliss-reactive ketones (excluding diaryl/α,β-unsaturated/α-hetero) is 1. The Morgan fingerprint density at radius 3 is 2.50 bits per heavy atom. The van der Waals surface area contributed by atoms with Crippen molar-refractivity contribution in [2.75, 3.05) is 0 Å². The van der Waals surface area contributed by atoms with Gasteiger partial charge < -0.3 is 5.32 Å². The highest BCUT2D eigenvalue weighted by atomic mass is 16.2. The summed E-state index contributed by atoms with van der Waals surface area (Å²) in [4.78, 5) is 32.9. The molecule has 0 radical (unpaired) electrons. The van der Waals surface area contributed by atoms with Crippen LogP contribution in [0.4, 0.5) is 0 Å². The van der Waals surface area contributed by atoms with Gasteiger partial charge in [-0.05, 0) is 17.7 Å². The zero-order valence-corrected chi connectivity index (χ0v) is 15.4. The van der Waals surface area contributed by atoms with Crippen LogP contribution in [0.5, 0.6) is 0 Å². The topological polar surface area (TPSA) is 72.0 Å². The van der Waals surface area contributed by atoms with Crippen molar-refractivity contribution in [2.24, 2.45) is 5.41 Å². The third-order valence-corrected chi connectivity index (χ3v) is 4.46. The van der Waals surface area contributed by atoms with Gasteiger partial charge in [-0.15, -0.1) is 0 Å². The minimum Gasteiger partial charge on any atom is -0.352 e. The highest BCUT2D eigenvalue weighted by molar-refractivity contribution is 6.03. The Morgan fingerprint density at radius 2 is 1.73 bits per heavy atom. The minimum absolute atomic E-state index is 0.0968. The van der Waals surface area contributed by atoms with E-state index >= 15 is 0 Å². The fourth-order valence-electron chi connectivity index (χ4n) is 2.85. The van der Waals surface area contributed by atoms with E-state index in [4.69, 9.17) is 0 Å². The Hall–Kier alpha value is -2.82. The molecule has 0 bridgehead atoms. The van der Waals surface area contributed by atoms with Gasteiger partial charge in [0.05, 0.1) is 11.0 Å². The number of nitrogens with zero attached hydrogens (tertiary/aromatic N) is 2. The normalized spacial score (nSPS) is 11.7. The van der Waals surface area contributed by atoms with Crippen LogP contribution in [0.1, 0.15) is 39.2 Å². The highest BCUT2D eigenvalue weighted by Crippen LogP contribution is 2.24. The summed E-state index contributed by atoms with van der Waals surface area (Å²) in [6.07, 6.45) is 3.97. The molecule has 1 aromatic carbocycles. The van der Waals surface area contributed by atoms with E-state index in [-0.39, 0.29) is 24.5 Å². The molecule has 1 amide bonds. The van der Waals surface area contributed by atoms with E-state index in [0.717, 1.165) is 27.4 Å². The van der Waals surface area contributed by atoms with Crippen molar-refractivity contribution in [3.8, 4) is 0 Å². The molecular formula is C21H23N3O2. The molecule has 0 unspecified atom stereocenters. The molecule has 0 atom stereocenters. The van der Waals surface area contributed by atoms with Crippen molar-refractivity contribution >= 4 is 33.5 Å². The van der Waals surface area contributed by atoms with E-state index in [0.29, 0.717) is 6.54 Å². The molecular weight excluding hydrogens is 326 g/mol. The van der Waals surface area contributed by atoms with Crippen molar-refractivity contribution in [3.63, 3.8) is 0 Å². The zero-order chi connectivity index (χ0) is 18.7. The number of carbonyl (C=O) groups is 2. The number of amides is 1. The first-order valence-corrected chi connectivity index (χ1v) is 8.77. The number of ketones is 1. The van der Waals surface area contributed by atoms with Crippen LogP contribution in [0.2, 0.25) is 0 Å². The average Bonchev–Trinajstić information content (AvgIpc) is 2.63. The van der Waals surface area contributed by atoms with Gasteiger partial charge in [0, 0.05) is 48.0 Å². The zero-order valence-electron chi connectivity index (χ0n) is 15.4. The molecule has 3 aromatic rings. The molecule has 0 saturated heterocycles. The lowest BCUT2D eigenvalue weighted by atomic mass is 9.88. The lowest BCUT2D eigenvalue weighted by molar-refractivity contribution is -0.129. The molecule has 0 fully saturated rings. The van der Waals surface area contributed by atoms with Crippen molar-refractivity contribution in [1.82, 2.24) is 15.3 Å². The number of benzene rings is 1. The molecule has 0 saturated carbocycles. The fraction of sp³-hybridized carbons (Fsp3) is 0.333. The molecule has 134 valence electrons. The number of aromatic nitrogens is 2. The molecule has 2 heterocycles. The number of rotatable bonds is 5. The van der Waals surface area contributed by atoms with Gasteiger partial charge in [0.1, 0.15) is 5.78 Å². The van der Waals surface area contributed by atoms with Gasteiger partial charge in [-0.2, -0.15) is 0 Å². The van der Waals surface area contributed by atoms with Crippen molar-refractivity contribution in [2.45, 2.75) is 40.2 Å². The van der Waals surface area contributed by atoms with Gasteiger partial charge >= 0.3 is 0 Å². The minimum atomic E-state index is -0.407. The molecule has 0 spiro atoms. The maximum absolute atomic E-state index is 12.1. The molecule has 0 aliphatic rings. The van der Waals surface area contributed by atoms with Crippen molar-refractivity contribution in [1.29, 1.82) is 0 Å². The van der Waals surface area contributed by atoms with E-state index in [1.807, 2.05) is 51.1 Å². The second-order valence-electron chi connectivity index (χ2n) is 7.46. The summed E-state index contributed by atoms with van der Waals surface area (Å²) in [5.74, 6) is -0.0222. The molecule has 5 heteroatoms. The quantitative estimate of drug-likeness (QED) is 0.711. The van der Waals surface area contributed by atoms with Crippen LogP contribution in [0, 0.1) is 5.41 Å². The van der Waals surface area contributed by atoms with Crippen LogP contribution in [0.3, 0.4) is 0 Å². The molecule has 5 nitrogen and oxygen atoms in total. The van der Waals surface area contributed by atoms with Crippen LogP contribution in [-0.4, -0.2) is 21.7 Å². The van der Waals surface area contributed by atoms with Gasteiger partial charge in [-0.25, -0.2) is 0 Å². The first kappa shape index (κ1) is 18.0. The SMILES string of the molecule is CC(C)(C)C(=O)CCC(=O)NCc1ccnc2c1ccc1cccnc12. The van der Waals surface area contributed by atoms with Gasteiger partial charge in [-0.1, -0.05) is 39.0 Å². The summed E-state index contributed by atoms with van der Waals surface area (Å²) >= 11 is 0. The lowest BCUT2D eigenvalue weighted by Crippen LogP contribution is -2.26. The molecule has 0 aliphatic heterocycles. The van der Waals surface area contributed by atoms with E-state index in [9.17, 15) is 9.59 Å². The van der Waals surface area contributed by atoms with Crippen molar-refractivity contribution in [3.05, 3.63) is 48.3 Å². The molecule has 1 N–H and O–H groups in total. The second-order valence-corrected chi connectivity index (χ2v) is 7.46. The Kier molecular flexibility index (Phi) is 4.98. The van der Waals surface area contributed by atoms with E-state index in [2.05, 4.69) is 15.3 Å². The number of hydrogen-bond donors (Lipinski definition) is 1. The maximum Gasteiger partial charge on any atom is 0.220 e. The number of carbonyl (C=O) groups excluding carboxylic acids is 2. The summed E-state index contributed by atoms with van der Waals surface area (Å²) in [6, 6.07) is 9.83. The molecule has 0 aliphatic carbocycles. The Bertz CT molecular complexity index is 974. The standard InChI is InChI=1S/C21H23N3O2/c1-21(2,3)17(25)8-9-18(26)24-13-15-10-12-23-20-16(15)7-6-14-5-4-11-22-19(14)20/h4-7,10-12H,8-9,13H2,1-3H3,(H,24,26). The van der Waals surface area contributed by atoms with Crippen LogP contribution >= 0.6 is 0 Å². The smallest absolute Gasteiger partial charge is 0.220 e. The summed E-state index contributed by atoms with van der Waals surface area (Å²) in [7, 11) is 0. The highest BCUT2D eigenvalue weighted by Gasteiger charge is 2.21. The number of hydrogen-bond acceptors (Lipinski definition) is 4. The second kappa shape index (κ2) is 7.20. The van der Waals surface area contributed by atoms with Crippen LogP contribution < -0.4 is 5.32 Å². The van der Waals surface area contributed by atoms with Gasteiger partial charge in [0.15, 0.2) is 0 Å². The van der Waals surface area contributed by atoms with E-state index in [1.165, 1.54) is 0 Å². The Balaban J connectivity index is 1.72. The summed E-state index contributed by atoms with van der Waals surface area (Å²) < 4.78 is 0. The maximum atomic E-state index is 12.1. The van der Waals surface area contributed by atoms with Crippen molar-refractivity contribution < 1.29 is 9.59 Å². The average molecular weight is 349 g/mol. The van der Waals surface area contributed by atoms with Gasteiger partial charge in [0.2, 0.25) is 5.91 Å². The Labute approximate surface area is 152 Å². The Morgan fingerprint density at radius 1 is 0.962 bits per heavy atom. The van der Waals surface area contributed by atoms with Crippen LogP contribution in [0.25, 0.3) is 21.8 Å². The summed E-state index contributed by atoms with van der Waals surface area (Å²) in [5, 5.41) is 4.92.